The molecule has 0 atom stereocenters. The van der Waals surface area contributed by atoms with Crippen molar-refractivity contribution in [3.8, 4) is 0 Å². The van der Waals surface area contributed by atoms with Crippen LogP contribution in [0.15, 0.2) is 23.5 Å². The molecule has 0 radical (unpaired) electrons. The number of aromatic nitrogens is 2. The number of hydrogen-bond acceptors (Lipinski definition) is 3. The first kappa shape index (κ1) is 8.49. The summed E-state index contributed by atoms with van der Waals surface area (Å²) in [5.41, 5.74) is 6.20. The standard InChI is InChI=1S/C8H7FN4O/c9-4-1-5(8(10)13-14)6-3-11-12-7(6)2-4/h1-3,14H,(H2,10,13)(H,11,12). The Bertz CT molecular complexity index is 505. The number of fused-ring (bicyclic) bond motifs is 1. The number of H-pyrrole nitrogens is 1. The highest BCUT2D eigenvalue weighted by Crippen LogP contribution is 2.17. The van der Waals surface area contributed by atoms with Crippen molar-refractivity contribution in [2.75, 3.05) is 0 Å². The van der Waals surface area contributed by atoms with Gasteiger partial charge in [0.2, 0.25) is 0 Å². The molecule has 0 spiro atoms. The van der Waals surface area contributed by atoms with Crippen LogP contribution in [0.5, 0.6) is 0 Å². The highest BCUT2D eigenvalue weighted by molar-refractivity contribution is 6.07. The molecule has 0 saturated carbocycles. The van der Waals surface area contributed by atoms with Gasteiger partial charge in [-0.2, -0.15) is 5.10 Å². The second kappa shape index (κ2) is 2.99. The summed E-state index contributed by atoms with van der Waals surface area (Å²) < 4.78 is 13.0. The van der Waals surface area contributed by atoms with Crippen LogP contribution in [0, 0.1) is 5.82 Å². The number of benzene rings is 1. The molecule has 0 fully saturated rings. The molecule has 72 valence electrons. The third-order valence-corrected chi connectivity index (χ3v) is 1.91. The molecule has 0 aliphatic carbocycles. The fourth-order valence-electron chi connectivity index (χ4n) is 1.28. The number of aromatic amines is 1. The summed E-state index contributed by atoms with van der Waals surface area (Å²) in [5, 5.41) is 18.2. The Morgan fingerprint density at radius 3 is 3.07 bits per heavy atom. The molecule has 14 heavy (non-hydrogen) atoms. The van der Waals surface area contributed by atoms with E-state index in [1.54, 1.807) is 0 Å². The van der Waals surface area contributed by atoms with Crippen molar-refractivity contribution in [3.63, 3.8) is 0 Å². The van der Waals surface area contributed by atoms with Gasteiger partial charge in [0.1, 0.15) is 5.82 Å². The smallest absolute Gasteiger partial charge is 0.170 e. The number of amidine groups is 1. The van der Waals surface area contributed by atoms with Crippen LogP contribution in [0.25, 0.3) is 10.9 Å². The molecule has 1 aromatic carbocycles. The van der Waals surface area contributed by atoms with E-state index in [1.807, 2.05) is 0 Å². The molecular weight excluding hydrogens is 187 g/mol. The Morgan fingerprint density at radius 2 is 2.36 bits per heavy atom. The summed E-state index contributed by atoms with van der Waals surface area (Å²) >= 11 is 0. The number of oxime groups is 1. The van der Waals surface area contributed by atoms with Gasteiger partial charge in [0.05, 0.1) is 11.7 Å². The largest absolute Gasteiger partial charge is 0.409 e. The number of rotatable bonds is 1. The van der Waals surface area contributed by atoms with Gasteiger partial charge in [0, 0.05) is 10.9 Å². The van der Waals surface area contributed by atoms with Crippen LogP contribution in [0.3, 0.4) is 0 Å². The van der Waals surface area contributed by atoms with E-state index in [0.717, 1.165) is 0 Å². The van der Waals surface area contributed by atoms with Crippen LogP contribution in [-0.2, 0) is 0 Å². The predicted octanol–water partition coefficient (Wildman–Crippen LogP) is 0.796. The Labute approximate surface area is 78.0 Å². The van der Waals surface area contributed by atoms with Crippen molar-refractivity contribution in [3.05, 3.63) is 29.7 Å². The molecule has 6 heteroatoms. The van der Waals surface area contributed by atoms with Crippen LogP contribution in [0.2, 0.25) is 0 Å². The lowest BCUT2D eigenvalue weighted by atomic mass is 10.1. The van der Waals surface area contributed by atoms with Crippen LogP contribution in [0.4, 0.5) is 4.39 Å². The Hall–Kier alpha value is -2.11. The third-order valence-electron chi connectivity index (χ3n) is 1.91. The molecule has 2 aromatic rings. The SMILES string of the molecule is N/C(=N\O)c1cc(F)cc2[nH]ncc12. The summed E-state index contributed by atoms with van der Waals surface area (Å²) in [6.45, 7) is 0. The Balaban J connectivity index is 2.79. The van der Waals surface area contributed by atoms with E-state index in [1.165, 1.54) is 18.3 Å². The van der Waals surface area contributed by atoms with Gasteiger partial charge in [-0.15, -0.1) is 0 Å². The highest BCUT2D eigenvalue weighted by Gasteiger charge is 2.09. The van der Waals surface area contributed by atoms with Gasteiger partial charge in [0.25, 0.3) is 0 Å². The zero-order valence-electron chi connectivity index (χ0n) is 7.03. The fourth-order valence-corrected chi connectivity index (χ4v) is 1.28. The summed E-state index contributed by atoms with van der Waals surface area (Å²) in [4.78, 5) is 0. The maximum Gasteiger partial charge on any atom is 0.170 e. The van der Waals surface area contributed by atoms with E-state index in [9.17, 15) is 4.39 Å². The molecule has 0 saturated heterocycles. The average molecular weight is 194 g/mol. The first-order chi connectivity index (χ1) is 6.72. The number of halogens is 1. The molecule has 0 amide bonds. The van der Waals surface area contributed by atoms with Crippen molar-refractivity contribution in [2.24, 2.45) is 10.9 Å². The van der Waals surface area contributed by atoms with Crippen molar-refractivity contribution in [1.29, 1.82) is 0 Å². The summed E-state index contributed by atoms with van der Waals surface area (Å²) in [6.07, 6.45) is 1.49. The van der Waals surface area contributed by atoms with Gasteiger partial charge in [-0.05, 0) is 12.1 Å². The molecular formula is C8H7FN4O. The maximum absolute atomic E-state index is 13.0. The van der Waals surface area contributed by atoms with E-state index in [-0.39, 0.29) is 5.84 Å². The third kappa shape index (κ3) is 1.17. The van der Waals surface area contributed by atoms with Crippen LogP contribution in [0.1, 0.15) is 5.56 Å². The minimum atomic E-state index is -0.469. The van der Waals surface area contributed by atoms with Gasteiger partial charge in [-0.1, -0.05) is 5.16 Å². The first-order valence-electron chi connectivity index (χ1n) is 3.83. The van der Waals surface area contributed by atoms with Gasteiger partial charge < -0.3 is 10.9 Å². The molecule has 0 unspecified atom stereocenters. The highest BCUT2D eigenvalue weighted by atomic mass is 19.1. The van der Waals surface area contributed by atoms with Crippen molar-refractivity contribution >= 4 is 16.7 Å². The van der Waals surface area contributed by atoms with Crippen molar-refractivity contribution in [1.82, 2.24) is 10.2 Å². The Kier molecular flexibility index (Phi) is 1.81. The lowest BCUT2D eigenvalue weighted by molar-refractivity contribution is 0.318. The lowest BCUT2D eigenvalue weighted by Gasteiger charge is -2.00. The number of hydrogen-bond donors (Lipinski definition) is 3. The second-order valence-corrected chi connectivity index (χ2v) is 2.77. The monoisotopic (exact) mass is 194 g/mol. The van der Waals surface area contributed by atoms with Crippen LogP contribution < -0.4 is 5.73 Å². The van der Waals surface area contributed by atoms with Crippen molar-refractivity contribution in [2.45, 2.75) is 0 Å². The summed E-state index contributed by atoms with van der Waals surface area (Å²) in [6, 6.07) is 2.48. The minimum absolute atomic E-state index is 0.143. The molecule has 2 rings (SSSR count). The van der Waals surface area contributed by atoms with Crippen LogP contribution in [-0.4, -0.2) is 21.2 Å². The lowest BCUT2D eigenvalue weighted by Crippen LogP contribution is -2.13. The Morgan fingerprint density at radius 1 is 1.57 bits per heavy atom. The first-order valence-corrected chi connectivity index (χ1v) is 3.83. The average Bonchev–Trinajstić information content (AvgIpc) is 2.62. The van der Waals surface area contributed by atoms with Crippen molar-refractivity contribution < 1.29 is 9.60 Å². The normalized spacial score (nSPS) is 12.2. The molecule has 1 aromatic heterocycles. The van der Waals surface area contributed by atoms with E-state index >= 15 is 0 Å². The molecule has 5 nitrogen and oxygen atoms in total. The topological polar surface area (TPSA) is 87.3 Å². The zero-order chi connectivity index (χ0) is 10.1. The summed E-state index contributed by atoms with van der Waals surface area (Å²) in [7, 11) is 0. The van der Waals surface area contributed by atoms with Crippen LogP contribution >= 0.6 is 0 Å². The van der Waals surface area contributed by atoms with E-state index < -0.39 is 5.82 Å². The molecule has 0 aliphatic rings. The number of nitrogens with two attached hydrogens (primary N) is 1. The zero-order valence-corrected chi connectivity index (χ0v) is 7.03. The number of nitrogens with one attached hydrogen (secondary N) is 1. The van der Waals surface area contributed by atoms with E-state index in [0.29, 0.717) is 16.5 Å². The fraction of sp³-hybridized carbons (Fsp3) is 0. The molecule has 1 heterocycles. The quantitative estimate of drug-likeness (QED) is 0.271. The van der Waals surface area contributed by atoms with E-state index in [4.69, 9.17) is 10.9 Å². The molecule has 4 N–H and O–H groups in total. The van der Waals surface area contributed by atoms with E-state index in [2.05, 4.69) is 15.4 Å². The van der Waals surface area contributed by atoms with Gasteiger partial charge in [-0.3, -0.25) is 5.10 Å². The van der Waals surface area contributed by atoms with Gasteiger partial charge >= 0.3 is 0 Å². The maximum atomic E-state index is 13.0. The minimum Gasteiger partial charge on any atom is -0.409 e. The number of nitrogens with zero attached hydrogens (tertiary/aromatic N) is 2. The second-order valence-electron chi connectivity index (χ2n) is 2.77. The van der Waals surface area contributed by atoms with Gasteiger partial charge in [0.15, 0.2) is 5.84 Å². The van der Waals surface area contributed by atoms with Gasteiger partial charge in [-0.25, -0.2) is 4.39 Å². The molecule has 0 bridgehead atoms. The predicted molar refractivity (Wildman–Crippen MR) is 48.6 cm³/mol. The summed E-state index contributed by atoms with van der Waals surface area (Å²) in [5.74, 6) is -0.612. The molecule has 0 aliphatic heterocycles.